The molecule has 1 aliphatic heterocycles. The predicted molar refractivity (Wildman–Crippen MR) is 73.3 cm³/mol. The average Bonchev–Trinajstić information content (AvgIpc) is 2.47. The van der Waals surface area contributed by atoms with Crippen LogP contribution in [0.1, 0.15) is 45.4 Å². The van der Waals surface area contributed by atoms with Crippen LogP contribution in [0.3, 0.4) is 0 Å². The van der Waals surface area contributed by atoms with Crippen molar-refractivity contribution in [1.29, 1.82) is 0 Å². The third kappa shape index (κ3) is 3.52. The molecule has 0 bridgehead atoms. The second-order valence-corrected chi connectivity index (χ2v) is 7.65. The van der Waals surface area contributed by atoms with Crippen LogP contribution in [0.2, 0.25) is 0 Å². The summed E-state index contributed by atoms with van der Waals surface area (Å²) < 4.78 is 23.0. The zero-order valence-corrected chi connectivity index (χ0v) is 12.8. The van der Waals surface area contributed by atoms with E-state index in [4.69, 9.17) is 23.2 Å². The van der Waals surface area contributed by atoms with Crippen molar-refractivity contribution in [2.75, 3.05) is 6.54 Å². The van der Waals surface area contributed by atoms with Gasteiger partial charge in [0.1, 0.15) is 5.38 Å². The van der Waals surface area contributed by atoms with Crippen LogP contribution in [0.4, 0.5) is 0 Å². The molecule has 0 aromatic rings. The molecule has 0 saturated carbocycles. The molecule has 1 heterocycles. The van der Waals surface area contributed by atoms with Gasteiger partial charge in [0.25, 0.3) is 15.9 Å². The fourth-order valence-corrected chi connectivity index (χ4v) is 4.29. The van der Waals surface area contributed by atoms with E-state index < -0.39 is 26.0 Å². The Labute approximate surface area is 119 Å². The Morgan fingerprint density at radius 1 is 1.11 bits per heavy atom. The summed E-state index contributed by atoms with van der Waals surface area (Å²) in [4.78, 5) is 11.6. The molecule has 1 rings (SSSR count). The molecule has 1 amide bonds. The van der Waals surface area contributed by atoms with E-state index in [0.717, 1.165) is 23.6 Å². The van der Waals surface area contributed by atoms with Crippen LogP contribution in [0.15, 0.2) is 0 Å². The number of carbonyl (C=O) groups is 1. The van der Waals surface area contributed by atoms with E-state index in [1.165, 1.54) is 12.8 Å². The number of nitrogens with zero attached hydrogens (tertiary/aromatic N) is 1. The summed E-state index contributed by atoms with van der Waals surface area (Å²) in [7, 11) is -3.74. The van der Waals surface area contributed by atoms with Gasteiger partial charge in [0.2, 0.25) is 0 Å². The van der Waals surface area contributed by atoms with Gasteiger partial charge in [-0.1, -0.05) is 39.0 Å². The highest BCUT2D eigenvalue weighted by Crippen LogP contribution is 2.30. The van der Waals surface area contributed by atoms with Crippen molar-refractivity contribution < 1.29 is 13.2 Å². The Kier molecular flexibility index (Phi) is 6.21. The number of hydrogen-bond donors (Lipinski definition) is 0. The van der Waals surface area contributed by atoms with E-state index >= 15 is 0 Å². The lowest BCUT2D eigenvalue weighted by Crippen LogP contribution is -2.32. The van der Waals surface area contributed by atoms with E-state index in [9.17, 15) is 13.2 Å². The normalized spacial score (nSPS) is 26.8. The number of carbonyl (C=O) groups excluding carboxylic acids is 1. The second kappa shape index (κ2) is 6.96. The number of sulfonamides is 1. The van der Waals surface area contributed by atoms with E-state index in [0.29, 0.717) is 6.42 Å². The van der Waals surface area contributed by atoms with Gasteiger partial charge in [-0.2, -0.15) is 0 Å². The number of hydrogen-bond acceptors (Lipinski definition) is 3. The molecular weight excluding hydrogens is 297 g/mol. The topological polar surface area (TPSA) is 54.5 Å². The molecule has 0 aliphatic carbocycles. The minimum absolute atomic E-state index is 0.194. The van der Waals surface area contributed by atoms with Crippen molar-refractivity contribution in [2.24, 2.45) is 0 Å². The molecule has 106 valence electrons. The molecule has 2 unspecified atom stereocenters. The monoisotopic (exact) mass is 315 g/mol. The Morgan fingerprint density at radius 3 is 2.17 bits per heavy atom. The van der Waals surface area contributed by atoms with E-state index in [-0.39, 0.29) is 6.54 Å². The fourth-order valence-electron chi connectivity index (χ4n) is 1.92. The first-order valence-corrected chi connectivity index (χ1v) is 8.64. The molecule has 2 atom stereocenters. The summed E-state index contributed by atoms with van der Waals surface area (Å²) in [6.07, 6.45) is 6.15. The molecule has 18 heavy (non-hydrogen) atoms. The van der Waals surface area contributed by atoms with Crippen LogP contribution in [0.25, 0.3) is 0 Å². The van der Waals surface area contributed by atoms with Crippen LogP contribution in [0, 0.1) is 0 Å². The lowest BCUT2D eigenvalue weighted by molar-refractivity contribution is -0.124. The molecule has 0 N–H and O–H groups in total. The predicted octanol–water partition coefficient (Wildman–Crippen LogP) is 2.69. The number of halogens is 2. The van der Waals surface area contributed by atoms with Gasteiger partial charge in [-0.25, -0.2) is 12.7 Å². The van der Waals surface area contributed by atoms with Crippen LogP contribution in [-0.4, -0.2) is 35.3 Å². The minimum Gasteiger partial charge on any atom is -0.272 e. The molecule has 1 aliphatic rings. The van der Waals surface area contributed by atoms with Gasteiger partial charge in [0.15, 0.2) is 4.71 Å². The standard InChI is InChI=1S/C11H19Cl2NO3S/c1-2-3-4-5-6-7-8-14-11(15)9(12)10(13)18(14,16)17/h9-10H,2-8H2,1H3. The number of alkyl halides is 2. The van der Waals surface area contributed by atoms with E-state index in [1.54, 1.807) is 0 Å². The van der Waals surface area contributed by atoms with Crippen LogP contribution in [-0.2, 0) is 14.8 Å². The molecule has 0 spiro atoms. The summed E-state index contributed by atoms with van der Waals surface area (Å²) in [6.45, 7) is 2.33. The van der Waals surface area contributed by atoms with Crippen LogP contribution < -0.4 is 0 Å². The van der Waals surface area contributed by atoms with Crippen molar-refractivity contribution in [2.45, 2.75) is 55.5 Å². The van der Waals surface area contributed by atoms with Crippen molar-refractivity contribution in [3.05, 3.63) is 0 Å². The zero-order chi connectivity index (χ0) is 13.8. The third-order valence-corrected chi connectivity index (χ3v) is 6.48. The van der Waals surface area contributed by atoms with Gasteiger partial charge in [-0.3, -0.25) is 4.79 Å². The van der Waals surface area contributed by atoms with Crippen LogP contribution >= 0.6 is 23.2 Å². The second-order valence-electron chi connectivity index (χ2n) is 4.48. The smallest absolute Gasteiger partial charge is 0.256 e. The molecule has 1 saturated heterocycles. The molecule has 0 aromatic carbocycles. The summed E-state index contributed by atoms with van der Waals surface area (Å²) in [5, 5.41) is -1.16. The van der Waals surface area contributed by atoms with Gasteiger partial charge in [0.05, 0.1) is 0 Å². The molecule has 4 nitrogen and oxygen atoms in total. The quantitative estimate of drug-likeness (QED) is 0.536. The zero-order valence-electron chi connectivity index (χ0n) is 10.4. The maximum Gasteiger partial charge on any atom is 0.256 e. The molecule has 0 radical (unpaired) electrons. The maximum absolute atomic E-state index is 11.8. The average molecular weight is 316 g/mol. The first kappa shape index (κ1) is 16.1. The molecule has 7 heteroatoms. The summed E-state index contributed by atoms with van der Waals surface area (Å²) in [6, 6.07) is 0. The highest BCUT2D eigenvalue weighted by molar-refractivity contribution is 7.92. The first-order chi connectivity index (χ1) is 8.42. The SMILES string of the molecule is CCCCCCCCN1C(=O)C(Cl)C(Cl)S1(=O)=O. The summed E-state index contributed by atoms with van der Waals surface area (Å²) >= 11 is 11.3. The largest absolute Gasteiger partial charge is 0.272 e. The Hall–Kier alpha value is -0.000000000000000111. The lowest BCUT2D eigenvalue weighted by atomic mass is 10.1. The van der Waals surface area contributed by atoms with Crippen molar-refractivity contribution in [3.63, 3.8) is 0 Å². The molecule has 0 aromatic heterocycles. The summed E-state index contributed by atoms with van der Waals surface area (Å²) in [5.41, 5.74) is 0. The van der Waals surface area contributed by atoms with Crippen molar-refractivity contribution >= 4 is 39.1 Å². The van der Waals surface area contributed by atoms with Crippen molar-refractivity contribution in [1.82, 2.24) is 4.31 Å². The van der Waals surface area contributed by atoms with Crippen molar-refractivity contribution in [3.8, 4) is 0 Å². The van der Waals surface area contributed by atoms with E-state index in [1.807, 2.05) is 0 Å². The van der Waals surface area contributed by atoms with Gasteiger partial charge in [0, 0.05) is 6.54 Å². The number of rotatable bonds is 7. The van der Waals surface area contributed by atoms with Crippen LogP contribution in [0.5, 0.6) is 0 Å². The maximum atomic E-state index is 11.8. The Bertz CT molecular complexity index is 386. The van der Waals surface area contributed by atoms with Gasteiger partial charge >= 0.3 is 0 Å². The van der Waals surface area contributed by atoms with Gasteiger partial charge in [-0.15, -0.1) is 23.2 Å². The fraction of sp³-hybridized carbons (Fsp3) is 0.909. The lowest BCUT2D eigenvalue weighted by Gasteiger charge is -2.14. The third-order valence-electron chi connectivity index (χ3n) is 3.02. The minimum atomic E-state index is -3.74. The number of unbranched alkanes of at least 4 members (excludes halogenated alkanes) is 5. The van der Waals surface area contributed by atoms with Gasteiger partial charge < -0.3 is 0 Å². The molecular formula is C11H19Cl2NO3S. The number of amides is 1. The first-order valence-electron chi connectivity index (χ1n) is 6.26. The highest BCUT2D eigenvalue weighted by Gasteiger charge is 2.50. The summed E-state index contributed by atoms with van der Waals surface area (Å²) in [5.74, 6) is -0.592. The van der Waals surface area contributed by atoms with Gasteiger partial charge in [-0.05, 0) is 6.42 Å². The van der Waals surface area contributed by atoms with E-state index in [2.05, 4.69) is 6.92 Å². The Morgan fingerprint density at radius 2 is 1.67 bits per heavy atom. The Balaban J connectivity index is 2.40. The highest BCUT2D eigenvalue weighted by atomic mass is 35.5. The molecule has 1 fully saturated rings.